The Kier molecular flexibility index (Phi) is 9.68. The van der Waals surface area contributed by atoms with Gasteiger partial charge in [-0.3, -0.25) is 19.3 Å². The van der Waals surface area contributed by atoms with E-state index in [0.29, 0.717) is 42.6 Å². The average molecular weight is 743 g/mol. The first-order valence-electron chi connectivity index (χ1n) is 18.6. The number of anilines is 1. The van der Waals surface area contributed by atoms with E-state index in [-0.39, 0.29) is 40.9 Å². The highest BCUT2D eigenvalue weighted by molar-refractivity contribution is 7.92. The van der Waals surface area contributed by atoms with E-state index in [1.54, 1.807) is 25.6 Å². The van der Waals surface area contributed by atoms with E-state index in [9.17, 15) is 13.8 Å². The fraction of sp³-hybridized carbons (Fsp3) is 0.488. The van der Waals surface area contributed by atoms with Crippen LogP contribution in [0, 0.1) is 23.7 Å². The van der Waals surface area contributed by atoms with Gasteiger partial charge in [-0.05, 0) is 122 Å². The van der Waals surface area contributed by atoms with Crippen LogP contribution in [0.15, 0.2) is 77.4 Å². The number of hydrogen-bond acceptors (Lipinski definition) is 7. The highest BCUT2D eigenvalue weighted by Crippen LogP contribution is 2.48. The van der Waals surface area contributed by atoms with Gasteiger partial charge in [0.2, 0.25) is 5.91 Å². The van der Waals surface area contributed by atoms with Gasteiger partial charge in [0.1, 0.15) is 15.7 Å². The summed E-state index contributed by atoms with van der Waals surface area (Å²) in [5.41, 5.74) is 4.43. The van der Waals surface area contributed by atoms with Crippen LogP contribution in [0.4, 0.5) is 5.69 Å². The summed E-state index contributed by atoms with van der Waals surface area (Å²) in [6, 6.07) is 15.5. The number of aryl methyl sites for hydroxylation is 1. The highest BCUT2D eigenvalue weighted by Gasteiger charge is 2.46. The van der Waals surface area contributed by atoms with Gasteiger partial charge in [0.05, 0.1) is 24.2 Å². The van der Waals surface area contributed by atoms with Crippen LogP contribution in [0.25, 0.3) is 0 Å². The summed E-state index contributed by atoms with van der Waals surface area (Å²) in [5, 5.41) is 0.745. The van der Waals surface area contributed by atoms with Crippen LogP contribution in [-0.2, 0) is 31.3 Å². The predicted octanol–water partition coefficient (Wildman–Crippen LogP) is 7.29. The van der Waals surface area contributed by atoms with Crippen LogP contribution in [0.3, 0.4) is 0 Å². The van der Waals surface area contributed by atoms with Gasteiger partial charge in [0.15, 0.2) is 0 Å². The summed E-state index contributed by atoms with van der Waals surface area (Å²) in [4.78, 5) is 34.2. The zero-order chi connectivity index (χ0) is 36.0. The summed E-state index contributed by atoms with van der Waals surface area (Å²) < 4.78 is 34.5. The van der Waals surface area contributed by atoms with Gasteiger partial charge in [0.25, 0.3) is 5.91 Å². The van der Waals surface area contributed by atoms with Crippen molar-refractivity contribution in [3.63, 3.8) is 0 Å². The van der Waals surface area contributed by atoms with Gasteiger partial charge in [-0.1, -0.05) is 42.8 Å². The number of nitrogens with one attached hydrogen (secondary N) is 1. The number of ether oxygens (including phenoxy) is 2. The van der Waals surface area contributed by atoms with Gasteiger partial charge in [-0.25, -0.2) is 4.21 Å². The molecule has 1 spiro atoms. The number of amides is 2. The second-order valence-corrected chi connectivity index (χ2v) is 18.1. The molecule has 0 radical (unpaired) electrons. The number of nitrogens with zero attached hydrogens (tertiary/aromatic N) is 3. The molecule has 8 atom stereocenters. The standard InChI is InChI=1S/C41H47ClN4O5S/c1-26-6-3-9-37(50-2)32-13-10-30(32)22-46-24-41(16-4-7-27-18-31(42)12-14-35(27)41)25-51-38-15-11-28(19-36(38)46)39(47)44-52(49,23-26)45-40(48)34-20-33(34)29-8-5-17-43-21-29/h3,5,8-9,11-12,14-15,17-19,21,26,30,32-34,37H,4,6-7,10,13,16,20,22-25H2,1-2H3,(H,44,45,47,48,49)/b9-3-/t26-,30-,32+,33+,34-,37-,41-,52?/m0/s1. The molecule has 2 aromatic carbocycles. The molecule has 9 nitrogen and oxygen atoms in total. The number of rotatable bonds is 4. The van der Waals surface area contributed by atoms with E-state index in [4.69, 9.17) is 21.1 Å². The molecular weight excluding hydrogens is 696 g/mol. The highest BCUT2D eigenvalue weighted by atomic mass is 35.5. The predicted molar refractivity (Wildman–Crippen MR) is 203 cm³/mol. The Morgan fingerprint density at radius 2 is 2.06 bits per heavy atom. The van der Waals surface area contributed by atoms with E-state index in [1.807, 2.05) is 37.3 Å². The van der Waals surface area contributed by atoms with Crippen molar-refractivity contribution in [2.45, 2.75) is 69.3 Å². The van der Waals surface area contributed by atoms with E-state index in [2.05, 4.69) is 43.3 Å². The maximum absolute atomic E-state index is 14.6. The molecule has 3 aromatic rings. The van der Waals surface area contributed by atoms with Crippen molar-refractivity contribution in [1.82, 2.24) is 9.71 Å². The van der Waals surface area contributed by atoms with Crippen molar-refractivity contribution in [1.29, 1.82) is 0 Å². The fourth-order valence-electron chi connectivity index (χ4n) is 9.05. The zero-order valence-electron chi connectivity index (χ0n) is 29.8. The second kappa shape index (κ2) is 14.3. The third-order valence-corrected chi connectivity index (χ3v) is 14.3. The van der Waals surface area contributed by atoms with Gasteiger partial charge in [0, 0.05) is 54.5 Å². The van der Waals surface area contributed by atoms with Crippen molar-refractivity contribution < 1.29 is 23.3 Å². The molecule has 274 valence electrons. The van der Waals surface area contributed by atoms with Crippen molar-refractivity contribution >= 4 is 39.0 Å². The molecule has 5 aliphatic rings. The number of carbonyl (C=O) groups is 2. The maximum atomic E-state index is 14.6. The Bertz CT molecular complexity index is 2010. The van der Waals surface area contributed by atoms with Crippen molar-refractivity contribution in [3.05, 3.63) is 100 Å². The molecule has 3 aliphatic carbocycles. The lowest BCUT2D eigenvalue weighted by Crippen LogP contribution is -2.49. The number of allylic oxidation sites excluding steroid dienone is 1. The first kappa shape index (κ1) is 35.3. The third-order valence-electron chi connectivity index (χ3n) is 12.0. The van der Waals surface area contributed by atoms with Crippen LogP contribution in [0.2, 0.25) is 5.02 Å². The van der Waals surface area contributed by atoms with E-state index < -0.39 is 15.8 Å². The van der Waals surface area contributed by atoms with Crippen LogP contribution >= 0.6 is 11.6 Å². The fourth-order valence-corrected chi connectivity index (χ4v) is 11.2. The van der Waals surface area contributed by atoms with E-state index in [1.165, 1.54) is 11.1 Å². The van der Waals surface area contributed by atoms with Crippen LogP contribution in [0.1, 0.15) is 78.4 Å². The van der Waals surface area contributed by atoms with Gasteiger partial charge >= 0.3 is 0 Å². The third kappa shape index (κ3) is 7.01. The second-order valence-electron chi connectivity index (χ2n) is 15.7. The lowest BCUT2D eigenvalue weighted by molar-refractivity contribution is -0.120. The average Bonchev–Trinajstić information content (AvgIpc) is 3.94. The lowest BCUT2D eigenvalue weighted by Gasteiger charge is -2.46. The largest absolute Gasteiger partial charge is 0.490 e. The summed E-state index contributed by atoms with van der Waals surface area (Å²) in [6.07, 6.45) is 14.1. The minimum Gasteiger partial charge on any atom is -0.490 e. The quantitative estimate of drug-likeness (QED) is 0.280. The number of hydrogen-bond donors (Lipinski definition) is 1. The molecule has 0 saturated heterocycles. The number of carbonyl (C=O) groups excluding carboxylic acids is 2. The number of fused-ring (bicyclic) bond motifs is 4. The van der Waals surface area contributed by atoms with Gasteiger partial charge < -0.3 is 14.4 Å². The van der Waals surface area contributed by atoms with Crippen molar-refractivity contribution in [2.75, 3.05) is 37.5 Å². The number of benzene rings is 2. The van der Waals surface area contributed by atoms with E-state index in [0.717, 1.165) is 61.5 Å². The molecule has 11 heteroatoms. The Balaban J connectivity index is 1.16. The molecule has 2 amide bonds. The molecule has 2 fully saturated rings. The molecular formula is C41H47ClN4O5S. The number of methoxy groups -OCH3 is 1. The Labute approximate surface area is 311 Å². The lowest BCUT2D eigenvalue weighted by atomic mass is 9.68. The normalized spacial score (nSPS) is 33.3. The minimum absolute atomic E-state index is 0.00670. The van der Waals surface area contributed by atoms with Crippen molar-refractivity contribution in [3.8, 4) is 5.75 Å². The minimum atomic E-state index is -3.46. The number of halogens is 1. The molecule has 3 heterocycles. The van der Waals surface area contributed by atoms with Crippen LogP contribution < -0.4 is 14.4 Å². The molecule has 1 N–H and O–H groups in total. The molecule has 1 unspecified atom stereocenters. The summed E-state index contributed by atoms with van der Waals surface area (Å²) in [7, 11) is -1.69. The summed E-state index contributed by atoms with van der Waals surface area (Å²) >= 11 is 6.47. The Morgan fingerprint density at radius 3 is 2.85 bits per heavy atom. The maximum Gasteiger partial charge on any atom is 0.286 e. The molecule has 2 bridgehead atoms. The molecule has 2 aliphatic heterocycles. The van der Waals surface area contributed by atoms with Gasteiger partial charge in [-0.2, -0.15) is 0 Å². The van der Waals surface area contributed by atoms with Crippen LogP contribution in [0.5, 0.6) is 5.75 Å². The van der Waals surface area contributed by atoms with E-state index >= 15 is 0 Å². The summed E-state index contributed by atoms with van der Waals surface area (Å²) in [5.74, 6) is 0.107. The first-order valence-corrected chi connectivity index (χ1v) is 20.7. The van der Waals surface area contributed by atoms with Crippen molar-refractivity contribution in [2.24, 2.45) is 28.0 Å². The smallest absolute Gasteiger partial charge is 0.286 e. The van der Waals surface area contributed by atoms with Gasteiger partial charge in [-0.15, -0.1) is 4.36 Å². The summed E-state index contributed by atoms with van der Waals surface area (Å²) in [6.45, 7) is 4.01. The molecule has 8 rings (SSSR count). The molecule has 1 aromatic heterocycles. The molecule has 52 heavy (non-hydrogen) atoms. The first-order chi connectivity index (χ1) is 25.1. The number of aromatic nitrogens is 1. The SMILES string of the molecule is CO[C@H]1/C=C\C[C@H](C)CS(=O)(NC(=O)[C@H]2C[C@@H]2c2cccnc2)=NC(=O)c2ccc3c(c2)N(C[C@@H]2CC[C@H]21)C[C@@]1(CCCc2cc(Cl)ccc21)CO3. The van der Waals surface area contributed by atoms with Crippen LogP contribution in [-0.4, -0.2) is 59.7 Å². The number of pyridine rings is 1. The Hall–Kier alpha value is -3.73. The Morgan fingerprint density at radius 1 is 1.17 bits per heavy atom. The molecule has 2 saturated carbocycles. The zero-order valence-corrected chi connectivity index (χ0v) is 31.4. The monoisotopic (exact) mass is 742 g/mol. The topological polar surface area (TPSA) is 110 Å².